The maximum absolute atomic E-state index is 14.0. The van der Waals surface area contributed by atoms with Gasteiger partial charge in [0.15, 0.2) is 11.5 Å². The van der Waals surface area contributed by atoms with Crippen LogP contribution in [0.2, 0.25) is 5.02 Å². The van der Waals surface area contributed by atoms with Gasteiger partial charge in [0.2, 0.25) is 0 Å². The highest BCUT2D eigenvalue weighted by atomic mass is 79.9. The minimum atomic E-state index is -0.399. The third-order valence-corrected chi connectivity index (χ3v) is 5.74. The summed E-state index contributed by atoms with van der Waals surface area (Å²) in [6.45, 7) is 3.74. The topological polar surface area (TPSA) is 39.7 Å². The van der Waals surface area contributed by atoms with Crippen LogP contribution in [0.25, 0.3) is 0 Å². The molecule has 164 valence electrons. The fourth-order valence-electron chi connectivity index (χ4n) is 3.00. The third kappa shape index (κ3) is 6.35. The average Bonchev–Trinajstić information content (AvgIpc) is 2.76. The zero-order valence-electron chi connectivity index (χ0n) is 17.4. The molecule has 0 bridgehead atoms. The van der Waals surface area contributed by atoms with E-state index in [4.69, 9.17) is 25.8 Å². The first-order chi connectivity index (χ1) is 15.0. The van der Waals surface area contributed by atoms with Crippen LogP contribution in [-0.2, 0) is 19.7 Å². The lowest BCUT2D eigenvalue weighted by atomic mass is 10.1. The van der Waals surface area contributed by atoms with Gasteiger partial charge >= 0.3 is 0 Å². The molecule has 0 aliphatic carbocycles. The molecule has 3 aromatic carbocycles. The second-order valence-corrected chi connectivity index (χ2v) is 8.03. The van der Waals surface area contributed by atoms with Crippen molar-refractivity contribution in [2.24, 2.45) is 0 Å². The lowest BCUT2D eigenvalue weighted by molar-refractivity contribution is 0.265. The van der Waals surface area contributed by atoms with Gasteiger partial charge in [-0.2, -0.15) is 0 Å². The summed E-state index contributed by atoms with van der Waals surface area (Å²) >= 11 is 9.70. The lowest BCUT2D eigenvalue weighted by Gasteiger charge is -2.16. The molecular weight excluding hydrogens is 485 g/mol. The molecule has 1 N–H and O–H groups in total. The SMILES string of the molecule is CCOc1cc(CNCc2ccc(OC)cc2)c(Br)cc1OCc1c(F)cccc1Cl. The molecule has 0 aliphatic heterocycles. The highest BCUT2D eigenvalue weighted by molar-refractivity contribution is 9.10. The first-order valence-electron chi connectivity index (χ1n) is 9.86. The quantitative estimate of drug-likeness (QED) is 0.338. The van der Waals surface area contributed by atoms with E-state index in [1.165, 1.54) is 6.07 Å². The van der Waals surface area contributed by atoms with Gasteiger partial charge in [-0.05, 0) is 54.4 Å². The summed E-state index contributed by atoms with van der Waals surface area (Å²) in [6.07, 6.45) is 0. The van der Waals surface area contributed by atoms with Gasteiger partial charge in [-0.1, -0.05) is 45.7 Å². The van der Waals surface area contributed by atoms with Crippen LogP contribution in [0, 0.1) is 5.82 Å². The Hall–Kier alpha value is -2.28. The molecule has 0 heterocycles. The van der Waals surface area contributed by atoms with Gasteiger partial charge in [0.05, 0.1) is 18.7 Å². The fourth-order valence-corrected chi connectivity index (χ4v) is 3.68. The van der Waals surface area contributed by atoms with Crippen molar-refractivity contribution in [3.63, 3.8) is 0 Å². The molecule has 0 fully saturated rings. The summed E-state index contributed by atoms with van der Waals surface area (Å²) in [5.74, 6) is 1.55. The number of halogens is 3. The van der Waals surface area contributed by atoms with Gasteiger partial charge in [-0.15, -0.1) is 0 Å². The van der Waals surface area contributed by atoms with Crippen molar-refractivity contribution in [1.29, 1.82) is 0 Å². The van der Waals surface area contributed by atoms with Crippen molar-refractivity contribution in [3.05, 3.63) is 86.6 Å². The summed E-state index contributed by atoms with van der Waals surface area (Å²) < 4.78 is 31.7. The molecule has 0 aliphatic rings. The normalized spacial score (nSPS) is 10.7. The van der Waals surface area contributed by atoms with Crippen LogP contribution in [0.4, 0.5) is 4.39 Å². The van der Waals surface area contributed by atoms with Crippen LogP contribution in [0.5, 0.6) is 17.2 Å². The molecule has 0 radical (unpaired) electrons. The van der Waals surface area contributed by atoms with Gasteiger partial charge < -0.3 is 19.5 Å². The summed E-state index contributed by atoms with van der Waals surface area (Å²) in [4.78, 5) is 0. The maximum atomic E-state index is 14.0. The van der Waals surface area contributed by atoms with Crippen LogP contribution in [0.3, 0.4) is 0 Å². The number of benzene rings is 3. The number of hydrogen-bond donors (Lipinski definition) is 1. The average molecular weight is 509 g/mol. The second kappa shape index (κ2) is 11.4. The standard InChI is InChI=1S/C24H24BrClFNO3/c1-3-30-23-11-17(14-28-13-16-7-9-18(29-2)10-8-16)20(25)12-24(23)31-15-19-21(26)5-4-6-22(19)27/h4-12,28H,3,13-15H2,1-2H3. The number of rotatable bonds is 10. The number of nitrogens with one attached hydrogen (secondary N) is 1. The Morgan fingerprint density at radius 2 is 1.74 bits per heavy atom. The van der Waals surface area contributed by atoms with Crippen molar-refractivity contribution in [3.8, 4) is 17.2 Å². The van der Waals surface area contributed by atoms with E-state index in [9.17, 15) is 4.39 Å². The number of hydrogen-bond acceptors (Lipinski definition) is 4. The molecular formula is C24H24BrClFNO3. The maximum Gasteiger partial charge on any atom is 0.162 e. The first kappa shape index (κ1) is 23.4. The Balaban J connectivity index is 1.68. The molecule has 0 unspecified atom stereocenters. The van der Waals surface area contributed by atoms with Crippen molar-refractivity contribution in [2.45, 2.75) is 26.6 Å². The van der Waals surface area contributed by atoms with Crippen LogP contribution < -0.4 is 19.5 Å². The predicted molar refractivity (Wildman–Crippen MR) is 125 cm³/mol. The van der Waals surface area contributed by atoms with Crippen LogP contribution in [0.1, 0.15) is 23.6 Å². The summed E-state index contributed by atoms with van der Waals surface area (Å²) in [5.41, 5.74) is 2.49. The largest absolute Gasteiger partial charge is 0.497 e. The van der Waals surface area contributed by atoms with E-state index in [2.05, 4.69) is 21.2 Å². The van der Waals surface area contributed by atoms with Gasteiger partial charge in [0.1, 0.15) is 18.2 Å². The molecule has 0 amide bonds. The summed E-state index contributed by atoms with van der Waals surface area (Å²) in [6, 6.07) is 16.3. The predicted octanol–water partition coefficient (Wildman–Crippen LogP) is 6.52. The van der Waals surface area contributed by atoms with Gasteiger partial charge in [-0.3, -0.25) is 0 Å². The van der Waals surface area contributed by atoms with E-state index < -0.39 is 5.82 Å². The number of ether oxygens (including phenoxy) is 3. The summed E-state index contributed by atoms with van der Waals surface area (Å²) in [7, 11) is 1.65. The Labute approximate surface area is 195 Å². The molecule has 3 rings (SSSR count). The third-order valence-electron chi connectivity index (χ3n) is 4.65. The highest BCUT2D eigenvalue weighted by Crippen LogP contribution is 2.35. The molecule has 0 saturated carbocycles. The Morgan fingerprint density at radius 1 is 1.00 bits per heavy atom. The minimum Gasteiger partial charge on any atom is -0.497 e. The fraction of sp³-hybridized carbons (Fsp3) is 0.250. The Bertz CT molecular complexity index is 994. The van der Waals surface area contributed by atoms with Crippen molar-refractivity contribution in [1.82, 2.24) is 5.32 Å². The summed E-state index contributed by atoms with van der Waals surface area (Å²) in [5, 5.41) is 3.75. The van der Waals surface area contributed by atoms with Crippen molar-refractivity contribution >= 4 is 27.5 Å². The zero-order valence-corrected chi connectivity index (χ0v) is 19.7. The van der Waals surface area contributed by atoms with E-state index >= 15 is 0 Å². The van der Waals surface area contributed by atoms with Crippen LogP contribution in [0.15, 0.2) is 59.1 Å². The van der Waals surface area contributed by atoms with Gasteiger partial charge in [0.25, 0.3) is 0 Å². The lowest BCUT2D eigenvalue weighted by Crippen LogP contribution is -2.13. The molecule has 4 nitrogen and oxygen atoms in total. The van der Waals surface area contributed by atoms with Crippen molar-refractivity contribution < 1.29 is 18.6 Å². The number of methoxy groups -OCH3 is 1. The van der Waals surface area contributed by atoms with E-state index in [1.54, 1.807) is 19.2 Å². The van der Waals surface area contributed by atoms with Crippen LogP contribution >= 0.6 is 27.5 Å². The van der Waals surface area contributed by atoms with E-state index in [0.717, 1.165) is 21.3 Å². The molecule has 3 aromatic rings. The Kier molecular flexibility index (Phi) is 8.58. The molecule has 31 heavy (non-hydrogen) atoms. The monoisotopic (exact) mass is 507 g/mol. The molecule has 0 atom stereocenters. The minimum absolute atomic E-state index is 0.00703. The molecule has 0 saturated heterocycles. The zero-order chi connectivity index (χ0) is 22.2. The first-order valence-corrected chi connectivity index (χ1v) is 11.0. The van der Waals surface area contributed by atoms with E-state index in [0.29, 0.717) is 41.8 Å². The van der Waals surface area contributed by atoms with Gasteiger partial charge in [-0.25, -0.2) is 4.39 Å². The van der Waals surface area contributed by atoms with E-state index in [-0.39, 0.29) is 6.61 Å². The van der Waals surface area contributed by atoms with Crippen LogP contribution in [-0.4, -0.2) is 13.7 Å². The van der Waals surface area contributed by atoms with Gasteiger partial charge in [0, 0.05) is 23.1 Å². The van der Waals surface area contributed by atoms with Crippen molar-refractivity contribution in [2.75, 3.05) is 13.7 Å². The smallest absolute Gasteiger partial charge is 0.162 e. The molecule has 7 heteroatoms. The molecule has 0 aromatic heterocycles. The highest BCUT2D eigenvalue weighted by Gasteiger charge is 2.14. The van der Waals surface area contributed by atoms with E-state index in [1.807, 2.05) is 43.3 Å². The Morgan fingerprint density at radius 3 is 2.42 bits per heavy atom. The molecule has 0 spiro atoms. The second-order valence-electron chi connectivity index (χ2n) is 6.76.